The average molecular weight is 238 g/mol. The van der Waals surface area contributed by atoms with E-state index in [4.69, 9.17) is 0 Å². The molecule has 0 fully saturated rings. The molecule has 0 aliphatic heterocycles. The molecule has 0 N–H and O–H groups in total. The van der Waals surface area contributed by atoms with E-state index in [1.165, 1.54) is 44.2 Å². The molecule has 0 atom stereocenters. The standard InChI is InChI=1S/C13H26N4/c1-4-5-6-7-8-9-10-17-13(11-14-15-17)12-16(2)3/h11H,4-10,12H2,1-3H3. The second kappa shape index (κ2) is 8.23. The summed E-state index contributed by atoms with van der Waals surface area (Å²) in [6, 6.07) is 0. The van der Waals surface area contributed by atoms with Crippen LogP contribution < -0.4 is 0 Å². The van der Waals surface area contributed by atoms with E-state index in [0.29, 0.717) is 0 Å². The molecule has 0 aliphatic rings. The Hall–Kier alpha value is -0.900. The molecule has 1 heterocycles. The van der Waals surface area contributed by atoms with Gasteiger partial charge in [-0.2, -0.15) is 0 Å². The summed E-state index contributed by atoms with van der Waals surface area (Å²) in [5.41, 5.74) is 1.21. The van der Waals surface area contributed by atoms with Crippen LogP contribution in [0.1, 0.15) is 51.1 Å². The zero-order chi connectivity index (χ0) is 12.5. The molecule has 1 aromatic rings. The fourth-order valence-electron chi connectivity index (χ4n) is 1.96. The first-order valence-corrected chi connectivity index (χ1v) is 6.76. The van der Waals surface area contributed by atoms with Gasteiger partial charge >= 0.3 is 0 Å². The first-order valence-electron chi connectivity index (χ1n) is 6.76. The molecule has 0 amide bonds. The van der Waals surface area contributed by atoms with Gasteiger partial charge in [-0.1, -0.05) is 44.2 Å². The number of nitrogens with zero attached hydrogens (tertiary/aromatic N) is 4. The van der Waals surface area contributed by atoms with Crippen molar-refractivity contribution < 1.29 is 0 Å². The predicted octanol–water partition coefficient (Wildman–Crippen LogP) is 2.70. The lowest BCUT2D eigenvalue weighted by molar-refractivity contribution is 0.377. The Morgan fingerprint density at radius 3 is 2.53 bits per heavy atom. The maximum Gasteiger partial charge on any atom is 0.0738 e. The monoisotopic (exact) mass is 238 g/mol. The van der Waals surface area contributed by atoms with Gasteiger partial charge in [0.1, 0.15) is 0 Å². The Morgan fingerprint density at radius 2 is 1.82 bits per heavy atom. The van der Waals surface area contributed by atoms with Crippen molar-refractivity contribution in [3.63, 3.8) is 0 Å². The number of aromatic nitrogens is 3. The van der Waals surface area contributed by atoms with Crippen LogP contribution in [0.4, 0.5) is 0 Å². The molecule has 0 unspecified atom stereocenters. The fourth-order valence-corrected chi connectivity index (χ4v) is 1.96. The van der Waals surface area contributed by atoms with Crippen LogP contribution in [0.25, 0.3) is 0 Å². The molecule has 0 spiro atoms. The molecule has 0 bridgehead atoms. The minimum atomic E-state index is 0.919. The Bertz CT molecular complexity index is 293. The Balaban J connectivity index is 2.20. The van der Waals surface area contributed by atoms with E-state index in [1.807, 2.05) is 10.9 Å². The molecule has 1 aromatic heterocycles. The van der Waals surface area contributed by atoms with E-state index >= 15 is 0 Å². The van der Waals surface area contributed by atoms with Crippen LogP contribution in [-0.4, -0.2) is 34.0 Å². The van der Waals surface area contributed by atoms with Crippen LogP contribution in [0.5, 0.6) is 0 Å². The zero-order valence-corrected chi connectivity index (χ0v) is 11.5. The van der Waals surface area contributed by atoms with Crippen molar-refractivity contribution in [2.24, 2.45) is 0 Å². The van der Waals surface area contributed by atoms with Crippen LogP contribution in [0.15, 0.2) is 6.20 Å². The number of rotatable bonds is 9. The normalized spacial score (nSPS) is 11.3. The molecule has 0 saturated carbocycles. The van der Waals surface area contributed by atoms with Crippen molar-refractivity contribution in [2.75, 3.05) is 14.1 Å². The molecule has 0 aliphatic carbocycles. The third-order valence-electron chi connectivity index (χ3n) is 2.90. The molecule has 17 heavy (non-hydrogen) atoms. The smallest absolute Gasteiger partial charge is 0.0738 e. The zero-order valence-electron chi connectivity index (χ0n) is 11.5. The minimum absolute atomic E-state index is 0.919. The van der Waals surface area contributed by atoms with Crippen LogP contribution in [0.2, 0.25) is 0 Å². The van der Waals surface area contributed by atoms with Gasteiger partial charge in [0.2, 0.25) is 0 Å². The molecule has 98 valence electrons. The topological polar surface area (TPSA) is 34.0 Å². The van der Waals surface area contributed by atoms with Crippen molar-refractivity contribution in [3.8, 4) is 0 Å². The van der Waals surface area contributed by atoms with E-state index < -0.39 is 0 Å². The second-order valence-corrected chi connectivity index (χ2v) is 4.95. The van der Waals surface area contributed by atoms with Crippen molar-refractivity contribution in [2.45, 2.75) is 58.5 Å². The molecule has 0 radical (unpaired) electrons. The maximum absolute atomic E-state index is 4.14. The lowest BCUT2D eigenvalue weighted by atomic mass is 10.1. The highest BCUT2D eigenvalue weighted by atomic mass is 15.4. The Morgan fingerprint density at radius 1 is 1.12 bits per heavy atom. The highest BCUT2D eigenvalue weighted by molar-refractivity contribution is 4.93. The lowest BCUT2D eigenvalue weighted by Crippen LogP contribution is -2.15. The largest absolute Gasteiger partial charge is 0.304 e. The third kappa shape index (κ3) is 5.82. The quantitative estimate of drug-likeness (QED) is 0.620. The summed E-state index contributed by atoms with van der Waals surface area (Å²) in [5.74, 6) is 0. The summed E-state index contributed by atoms with van der Waals surface area (Å²) in [7, 11) is 4.14. The third-order valence-corrected chi connectivity index (χ3v) is 2.90. The van der Waals surface area contributed by atoms with Crippen molar-refractivity contribution in [1.29, 1.82) is 0 Å². The highest BCUT2D eigenvalue weighted by Crippen LogP contribution is 2.07. The summed E-state index contributed by atoms with van der Waals surface area (Å²) < 4.78 is 2.04. The molecule has 0 aromatic carbocycles. The first kappa shape index (κ1) is 14.2. The van der Waals surface area contributed by atoms with E-state index in [1.54, 1.807) is 0 Å². The van der Waals surface area contributed by atoms with Crippen LogP contribution in [-0.2, 0) is 13.1 Å². The molecule has 4 nitrogen and oxygen atoms in total. The van der Waals surface area contributed by atoms with E-state index in [0.717, 1.165) is 13.1 Å². The molecular weight excluding hydrogens is 212 g/mol. The minimum Gasteiger partial charge on any atom is -0.304 e. The first-order chi connectivity index (χ1) is 8.24. The van der Waals surface area contributed by atoms with Gasteiger partial charge in [0.15, 0.2) is 0 Å². The lowest BCUT2D eigenvalue weighted by Gasteiger charge is -2.10. The highest BCUT2D eigenvalue weighted by Gasteiger charge is 2.04. The molecular formula is C13H26N4. The van der Waals surface area contributed by atoms with E-state index in [-0.39, 0.29) is 0 Å². The van der Waals surface area contributed by atoms with Gasteiger partial charge in [-0.25, -0.2) is 4.68 Å². The molecule has 1 rings (SSSR count). The van der Waals surface area contributed by atoms with Crippen LogP contribution >= 0.6 is 0 Å². The second-order valence-electron chi connectivity index (χ2n) is 4.95. The van der Waals surface area contributed by atoms with Gasteiger partial charge in [0.05, 0.1) is 11.9 Å². The maximum atomic E-state index is 4.14. The Labute approximate surface area is 105 Å². The van der Waals surface area contributed by atoms with Crippen LogP contribution in [0, 0.1) is 0 Å². The fraction of sp³-hybridized carbons (Fsp3) is 0.846. The van der Waals surface area contributed by atoms with Gasteiger partial charge in [0.25, 0.3) is 0 Å². The Kier molecular flexibility index (Phi) is 6.86. The van der Waals surface area contributed by atoms with Gasteiger partial charge in [-0.05, 0) is 20.5 Å². The van der Waals surface area contributed by atoms with E-state index in [2.05, 4.69) is 36.2 Å². The number of hydrogen-bond donors (Lipinski definition) is 0. The van der Waals surface area contributed by atoms with Gasteiger partial charge in [-0.15, -0.1) is 5.10 Å². The summed E-state index contributed by atoms with van der Waals surface area (Å²) in [5, 5.41) is 8.13. The van der Waals surface area contributed by atoms with E-state index in [9.17, 15) is 0 Å². The number of aryl methyl sites for hydroxylation is 1. The summed E-state index contributed by atoms with van der Waals surface area (Å²) in [4.78, 5) is 2.15. The predicted molar refractivity (Wildman–Crippen MR) is 70.8 cm³/mol. The summed E-state index contributed by atoms with van der Waals surface area (Å²) >= 11 is 0. The van der Waals surface area contributed by atoms with Crippen molar-refractivity contribution >= 4 is 0 Å². The number of unbranched alkanes of at least 4 members (excludes halogenated alkanes) is 5. The summed E-state index contributed by atoms with van der Waals surface area (Å²) in [6.45, 7) is 4.18. The SMILES string of the molecule is CCCCCCCCn1nncc1CN(C)C. The van der Waals surface area contributed by atoms with Crippen molar-refractivity contribution in [1.82, 2.24) is 19.9 Å². The van der Waals surface area contributed by atoms with Crippen LogP contribution in [0.3, 0.4) is 0 Å². The molecule has 0 saturated heterocycles. The van der Waals surface area contributed by atoms with Gasteiger partial charge < -0.3 is 4.90 Å². The van der Waals surface area contributed by atoms with Gasteiger partial charge in [-0.3, -0.25) is 0 Å². The number of hydrogen-bond acceptors (Lipinski definition) is 3. The van der Waals surface area contributed by atoms with Crippen molar-refractivity contribution in [3.05, 3.63) is 11.9 Å². The summed E-state index contributed by atoms with van der Waals surface area (Å²) in [6.07, 6.45) is 9.81. The van der Waals surface area contributed by atoms with Gasteiger partial charge in [0, 0.05) is 13.1 Å². The molecule has 4 heteroatoms. The average Bonchev–Trinajstić information content (AvgIpc) is 2.70.